The van der Waals surface area contributed by atoms with E-state index in [0.29, 0.717) is 0 Å². The Morgan fingerprint density at radius 2 is 0.605 bits per heavy atom. The molecule has 0 bridgehead atoms. The van der Waals surface area contributed by atoms with Crippen LogP contribution in [0.15, 0.2) is 188 Å². The van der Waals surface area contributed by atoms with Gasteiger partial charge in [0.15, 0.2) is 0 Å². The van der Waals surface area contributed by atoms with Crippen molar-refractivity contribution in [2.45, 2.75) is 0 Å². The smallest absolute Gasteiger partial charge is 0.0462 e. The molecule has 0 fully saturated rings. The maximum atomic E-state index is 2.35. The Labute approximate surface area is 254 Å². The first-order chi connectivity index (χ1) is 21.3. The Morgan fingerprint density at radius 1 is 0.256 bits per heavy atom. The molecule has 1 nitrogen and oxygen atoms in total. The van der Waals surface area contributed by atoms with Gasteiger partial charge in [0.05, 0.1) is 0 Å². The number of anilines is 3. The van der Waals surface area contributed by atoms with Crippen LogP contribution < -0.4 is 4.90 Å². The molecule has 0 saturated heterocycles. The van der Waals surface area contributed by atoms with Crippen LogP contribution in [-0.2, 0) is 0 Å². The van der Waals surface area contributed by atoms with Gasteiger partial charge in [0.25, 0.3) is 0 Å². The Hall–Kier alpha value is -5.66. The van der Waals surface area contributed by atoms with Gasteiger partial charge in [-0.3, -0.25) is 0 Å². The highest BCUT2D eigenvalue weighted by atomic mass is 15.1. The van der Waals surface area contributed by atoms with Crippen molar-refractivity contribution in [3.05, 3.63) is 188 Å². The molecular formula is C42H31N. The van der Waals surface area contributed by atoms with Crippen molar-refractivity contribution in [1.82, 2.24) is 0 Å². The van der Waals surface area contributed by atoms with Crippen molar-refractivity contribution in [2.75, 3.05) is 4.90 Å². The third-order valence-corrected chi connectivity index (χ3v) is 7.86. The van der Waals surface area contributed by atoms with E-state index in [1.165, 1.54) is 44.5 Å². The second-order valence-electron chi connectivity index (χ2n) is 10.6. The summed E-state index contributed by atoms with van der Waals surface area (Å²) in [6.07, 6.45) is 0. The van der Waals surface area contributed by atoms with Gasteiger partial charge >= 0.3 is 0 Å². The fourth-order valence-corrected chi connectivity index (χ4v) is 5.82. The number of para-hydroxylation sites is 2. The Morgan fingerprint density at radius 3 is 1.02 bits per heavy atom. The molecule has 0 spiro atoms. The van der Waals surface area contributed by atoms with Crippen LogP contribution in [0.3, 0.4) is 0 Å². The SMILES string of the molecule is c1ccc(-c2cc(-c3ccccc3)c(-c3ccc(N(c4ccccc4)c4ccccc4)cc3)c(-c3ccccc3)c2)cc1. The molecule has 7 rings (SSSR count). The molecular weight excluding hydrogens is 518 g/mol. The van der Waals surface area contributed by atoms with Crippen LogP contribution in [0, 0.1) is 0 Å². The van der Waals surface area contributed by atoms with Gasteiger partial charge in [0.1, 0.15) is 0 Å². The molecule has 0 heterocycles. The summed E-state index contributed by atoms with van der Waals surface area (Å²) in [6, 6.07) is 67.0. The minimum absolute atomic E-state index is 1.12. The molecule has 0 N–H and O–H groups in total. The number of benzene rings is 7. The topological polar surface area (TPSA) is 3.24 Å². The quantitative estimate of drug-likeness (QED) is 0.191. The summed E-state index contributed by atoms with van der Waals surface area (Å²) in [5.74, 6) is 0. The zero-order chi connectivity index (χ0) is 28.8. The number of nitrogens with zero attached hydrogens (tertiary/aromatic N) is 1. The predicted octanol–water partition coefficient (Wildman–Crippen LogP) is 11.8. The lowest BCUT2D eigenvalue weighted by Crippen LogP contribution is -2.09. The molecule has 0 unspecified atom stereocenters. The van der Waals surface area contributed by atoms with Crippen LogP contribution in [0.25, 0.3) is 44.5 Å². The van der Waals surface area contributed by atoms with E-state index in [9.17, 15) is 0 Å². The van der Waals surface area contributed by atoms with Gasteiger partial charge in [-0.25, -0.2) is 0 Å². The van der Waals surface area contributed by atoms with E-state index >= 15 is 0 Å². The van der Waals surface area contributed by atoms with Crippen molar-refractivity contribution >= 4 is 17.1 Å². The van der Waals surface area contributed by atoms with Gasteiger partial charge in [-0.1, -0.05) is 140 Å². The zero-order valence-corrected chi connectivity index (χ0v) is 23.8. The van der Waals surface area contributed by atoms with Gasteiger partial charge < -0.3 is 4.90 Å². The fraction of sp³-hybridized carbons (Fsp3) is 0. The highest BCUT2D eigenvalue weighted by Crippen LogP contribution is 2.44. The molecule has 204 valence electrons. The minimum atomic E-state index is 1.12. The molecule has 1 heteroatoms. The van der Waals surface area contributed by atoms with Crippen molar-refractivity contribution < 1.29 is 0 Å². The van der Waals surface area contributed by atoms with E-state index in [2.05, 4.69) is 193 Å². The Kier molecular flexibility index (Phi) is 7.36. The van der Waals surface area contributed by atoms with E-state index in [4.69, 9.17) is 0 Å². The number of rotatable bonds is 7. The maximum absolute atomic E-state index is 2.35. The first kappa shape index (κ1) is 26.3. The van der Waals surface area contributed by atoms with Crippen molar-refractivity contribution in [3.63, 3.8) is 0 Å². The van der Waals surface area contributed by atoms with Gasteiger partial charge in [-0.2, -0.15) is 0 Å². The summed E-state index contributed by atoms with van der Waals surface area (Å²) < 4.78 is 0. The third-order valence-electron chi connectivity index (χ3n) is 7.86. The standard InChI is InChI=1S/C42H31N/c1-6-16-32(17-7-1)36-30-40(33-18-8-2-9-19-33)42(41(31-36)34-20-10-3-11-21-34)35-26-28-39(29-27-35)43(37-22-12-4-13-23-37)38-24-14-5-15-25-38/h1-31H. The summed E-state index contributed by atoms with van der Waals surface area (Å²) in [7, 11) is 0. The third kappa shape index (κ3) is 5.49. The molecule has 0 radical (unpaired) electrons. The summed E-state index contributed by atoms with van der Waals surface area (Å²) in [5, 5.41) is 0. The Bertz CT molecular complexity index is 1810. The van der Waals surface area contributed by atoms with Crippen LogP contribution >= 0.6 is 0 Å². The van der Waals surface area contributed by atoms with Crippen molar-refractivity contribution in [1.29, 1.82) is 0 Å². The lowest BCUT2D eigenvalue weighted by molar-refractivity contribution is 1.28. The molecule has 0 aromatic heterocycles. The molecule has 0 aliphatic rings. The van der Waals surface area contributed by atoms with E-state index in [1.807, 2.05) is 0 Å². The summed E-state index contributed by atoms with van der Waals surface area (Å²) >= 11 is 0. The van der Waals surface area contributed by atoms with E-state index in [-0.39, 0.29) is 0 Å². The van der Waals surface area contributed by atoms with Gasteiger partial charge in [0.2, 0.25) is 0 Å². The molecule has 0 aliphatic carbocycles. The van der Waals surface area contributed by atoms with E-state index in [1.54, 1.807) is 0 Å². The average Bonchev–Trinajstić information content (AvgIpc) is 3.10. The zero-order valence-electron chi connectivity index (χ0n) is 23.8. The minimum Gasteiger partial charge on any atom is -0.311 e. The van der Waals surface area contributed by atoms with Gasteiger partial charge in [0, 0.05) is 17.1 Å². The summed E-state index contributed by atoms with van der Waals surface area (Å²) in [4.78, 5) is 2.30. The molecule has 7 aromatic rings. The lowest BCUT2D eigenvalue weighted by atomic mass is 9.84. The van der Waals surface area contributed by atoms with Crippen LogP contribution in [0.4, 0.5) is 17.1 Å². The number of hydrogen-bond acceptors (Lipinski definition) is 1. The van der Waals surface area contributed by atoms with Crippen LogP contribution in [0.1, 0.15) is 0 Å². The monoisotopic (exact) mass is 549 g/mol. The molecule has 0 atom stereocenters. The maximum Gasteiger partial charge on any atom is 0.0462 e. The lowest BCUT2D eigenvalue weighted by Gasteiger charge is -2.26. The van der Waals surface area contributed by atoms with E-state index in [0.717, 1.165) is 17.1 Å². The van der Waals surface area contributed by atoms with Crippen LogP contribution in [-0.4, -0.2) is 0 Å². The second kappa shape index (κ2) is 12.1. The van der Waals surface area contributed by atoms with Crippen molar-refractivity contribution in [2.24, 2.45) is 0 Å². The van der Waals surface area contributed by atoms with Crippen molar-refractivity contribution in [3.8, 4) is 44.5 Å². The highest BCUT2D eigenvalue weighted by Gasteiger charge is 2.18. The van der Waals surface area contributed by atoms with Crippen LogP contribution in [0.2, 0.25) is 0 Å². The Balaban J connectivity index is 1.43. The van der Waals surface area contributed by atoms with Gasteiger partial charge in [-0.15, -0.1) is 0 Å². The fourth-order valence-electron chi connectivity index (χ4n) is 5.82. The molecule has 43 heavy (non-hydrogen) atoms. The predicted molar refractivity (Wildman–Crippen MR) is 183 cm³/mol. The second-order valence-corrected chi connectivity index (χ2v) is 10.6. The first-order valence-corrected chi connectivity index (χ1v) is 14.7. The number of hydrogen-bond donors (Lipinski definition) is 0. The van der Waals surface area contributed by atoms with E-state index < -0.39 is 0 Å². The summed E-state index contributed by atoms with van der Waals surface area (Å²) in [5.41, 5.74) is 13.0. The summed E-state index contributed by atoms with van der Waals surface area (Å²) in [6.45, 7) is 0. The average molecular weight is 550 g/mol. The molecule has 0 aliphatic heterocycles. The normalized spacial score (nSPS) is 10.8. The molecule has 0 amide bonds. The van der Waals surface area contributed by atoms with Gasteiger partial charge in [-0.05, 0) is 93.0 Å². The first-order valence-electron chi connectivity index (χ1n) is 14.7. The van der Waals surface area contributed by atoms with Crippen LogP contribution in [0.5, 0.6) is 0 Å². The largest absolute Gasteiger partial charge is 0.311 e. The molecule has 7 aromatic carbocycles. The molecule has 0 saturated carbocycles. The highest BCUT2D eigenvalue weighted by molar-refractivity contribution is 5.98.